The van der Waals surface area contributed by atoms with E-state index < -0.39 is 0 Å². The molecule has 0 bridgehead atoms. The summed E-state index contributed by atoms with van der Waals surface area (Å²) >= 11 is 0. The number of rotatable bonds is 5. The summed E-state index contributed by atoms with van der Waals surface area (Å²) in [5.41, 5.74) is 8.87. The zero-order chi connectivity index (χ0) is 14.7. The van der Waals surface area contributed by atoms with Gasteiger partial charge in [-0.2, -0.15) is 0 Å². The molecule has 0 spiro atoms. The van der Waals surface area contributed by atoms with E-state index in [4.69, 9.17) is 10.5 Å². The zero-order valence-electron chi connectivity index (χ0n) is 12.1. The standard InChI is InChI=1S/C17H19N3O/c1-13(18)9-14-5-4-6-16(10-14)21-12-15-11-20-8-3-2-7-17(20)19-15/h2-8,10-11,13H,9,12,18H2,1H3. The van der Waals surface area contributed by atoms with Crippen LogP contribution in [0.1, 0.15) is 18.2 Å². The normalized spacial score (nSPS) is 12.5. The molecule has 3 rings (SSSR count). The Morgan fingerprint density at radius 1 is 1.24 bits per heavy atom. The molecular weight excluding hydrogens is 262 g/mol. The molecule has 4 nitrogen and oxygen atoms in total. The monoisotopic (exact) mass is 281 g/mol. The molecular formula is C17H19N3O. The van der Waals surface area contributed by atoms with Crippen molar-refractivity contribution in [1.29, 1.82) is 0 Å². The van der Waals surface area contributed by atoms with Crippen molar-refractivity contribution < 1.29 is 4.74 Å². The van der Waals surface area contributed by atoms with Crippen LogP contribution >= 0.6 is 0 Å². The Kier molecular flexibility index (Phi) is 3.88. The number of imidazole rings is 1. The molecule has 0 radical (unpaired) electrons. The van der Waals surface area contributed by atoms with Gasteiger partial charge >= 0.3 is 0 Å². The SMILES string of the molecule is CC(N)Cc1cccc(OCc2cn3ccccc3n2)c1. The van der Waals surface area contributed by atoms with Crippen LogP contribution in [0.15, 0.2) is 54.9 Å². The van der Waals surface area contributed by atoms with Crippen LogP contribution in [-0.2, 0) is 13.0 Å². The molecule has 108 valence electrons. The summed E-state index contributed by atoms with van der Waals surface area (Å²) in [5.74, 6) is 0.852. The van der Waals surface area contributed by atoms with Gasteiger partial charge in [-0.25, -0.2) is 4.98 Å². The first kappa shape index (κ1) is 13.6. The fourth-order valence-electron chi connectivity index (χ4n) is 2.35. The molecule has 4 heteroatoms. The fourth-order valence-corrected chi connectivity index (χ4v) is 2.35. The Labute approximate surface area is 124 Å². The van der Waals surface area contributed by atoms with E-state index in [1.54, 1.807) is 0 Å². The lowest BCUT2D eigenvalue weighted by Crippen LogP contribution is -2.17. The van der Waals surface area contributed by atoms with Crippen molar-refractivity contribution >= 4 is 5.65 Å². The van der Waals surface area contributed by atoms with Crippen molar-refractivity contribution in [2.45, 2.75) is 26.0 Å². The summed E-state index contributed by atoms with van der Waals surface area (Å²) in [4.78, 5) is 4.52. The van der Waals surface area contributed by atoms with Crippen LogP contribution in [0.3, 0.4) is 0 Å². The molecule has 3 aromatic rings. The van der Waals surface area contributed by atoms with E-state index in [2.05, 4.69) is 11.1 Å². The maximum Gasteiger partial charge on any atom is 0.137 e. The molecule has 2 N–H and O–H groups in total. The largest absolute Gasteiger partial charge is 0.487 e. The Balaban J connectivity index is 1.69. The Hall–Kier alpha value is -2.33. The van der Waals surface area contributed by atoms with Gasteiger partial charge in [0.25, 0.3) is 0 Å². The van der Waals surface area contributed by atoms with Gasteiger partial charge in [0.15, 0.2) is 0 Å². The van der Waals surface area contributed by atoms with E-state index in [0.29, 0.717) is 6.61 Å². The van der Waals surface area contributed by atoms with Crippen molar-refractivity contribution in [3.05, 3.63) is 66.1 Å². The maximum atomic E-state index is 5.83. The van der Waals surface area contributed by atoms with Crippen molar-refractivity contribution in [3.63, 3.8) is 0 Å². The Morgan fingerprint density at radius 2 is 2.14 bits per heavy atom. The average molecular weight is 281 g/mol. The number of fused-ring (bicyclic) bond motifs is 1. The van der Waals surface area contributed by atoms with Crippen LogP contribution in [-0.4, -0.2) is 15.4 Å². The number of benzene rings is 1. The lowest BCUT2D eigenvalue weighted by molar-refractivity contribution is 0.301. The zero-order valence-corrected chi connectivity index (χ0v) is 12.1. The molecule has 1 aromatic carbocycles. The Morgan fingerprint density at radius 3 is 2.95 bits per heavy atom. The molecule has 0 fully saturated rings. The van der Waals surface area contributed by atoms with Gasteiger partial charge in [0.2, 0.25) is 0 Å². The van der Waals surface area contributed by atoms with Crippen molar-refractivity contribution in [1.82, 2.24) is 9.38 Å². The number of ether oxygens (including phenoxy) is 1. The van der Waals surface area contributed by atoms with E-state index in [0.717, 1.165) is 23.5 Å². The first-order valence-electron chi connectivity index (χ1n) is 7.10. The second-order valence-corrected chi connectivity index (χ2v) is 5.32. The van der Waals surface area contributed by atoms with Crippen molar-refractivity contribution in [2.75, 3.05) is 0 Å². The highest BCUT2D eigenvalue weighted by atomic mass is 16.5. The minimum Gasteiger partial charge on any atom is -0.487 e. The van der Waals surface area contributed by atoms with Crippen LogP contribution in [0, 0.1) is 0 Å². The molecule has 0 aliphatic heterocycles. The Bertz CT molecular complexity index is 700. The van der Waals surface area contributed by atoms with Crippen LogP contribution < -0.4 is 10.5 Å². The lowest BCUT2D eigenvalue weighted by atomic mass is 10.1. The third kappa shape index (κ3) is 3.41. The number of hydrogen-bond acceptors (Lipinski definition) is 3. The number of pyridine rings is 1. The molecule has 0 saturated heterocycles. The summed E-state index contributed by atoms with van der Waals surface area (Å²) in [6.07, 6.45) is 4.82. The van der Waals surface area contributed by atoms with Crippen molar-refractivity contribution in [2.24, 2.45) is 5.73 Å². The van der Waals surface area contributed by atoms with Gasteiger partial charge in [0.1, 0.15) is 18.0 Å². The quantitative estimate of drug-likeness (QED) is 0.782. The van der Waals surface area contributed by atoms with Crippen molar-refractivity contribution in [3.8, 4) is 5.75 Å². The number of nitrogens with two attached hydrogens (primary N) is 1. The number of hydrogen-bond donors (Lipinski definition) is 1. The lowest BCUT2D eigenvalue weighted by Gasteiger charge is -2.08. The van der Waals surface area contributed by atoms with Crippen LogP contribution in [0.2, 0.25) is 0 Å². The van der Waals surface area contributed by atoms with E-state index in [-0.39, 0.29) is 6.04 Å². The summed E-state index contributed by atoms with van der Waals surface area (Å²) in [6.45, 7) is 2.47. The van der Waals surface area contributed by atoms with Crippen LogP contribution in [0.25, 0.3) is 5.65 Å². The van der Waals surface area contributed by atoms with Gasteiger partial charge in [-0.3, -0.25) is 0 Å². The molecule has 0 aliphatic carbocycles. The smallest absolute Gasteiger partial charge is 0.137 e. The molecule has 21 heavy (non-hydrogen) atoms. The van der Waals surface area contributed by atoms with E-state index in [1.807, 2.05) is 60.1 Å². The van der Waals surface area contributed by atoms with Gasteiger partial charge < -0.3 is 14.9 Å². The molecule has 0 amide bonds. The van der Waals surface area contributed by atoms with E-state index in [1.165, 1.54) is 5.56 Å². The van der Waals surface area contributed by atoms with Gasteiger partial charge in [0, 0.05) is 18.4 Å². The fraction of sp³-hybridized carbons (Fsp3) is 0.235. The molecule has 0 aliphatic rings. The number of nitrogens with zero attached hydrogens (tertiary/aromatic N) is 2. The van der Waals surface area contributed by atoms with Crippen LogP contribution in [0.4, 0.5) is 0 Å². The summed E-state index contributed by atoms with van der Waals surface area (Å²) in [7, 11) is 0. The highest BCUT2D eigenvalue weighted by Gasteiger charge is 2.03. The van der Waals surface area contributed by atoms with Gasteiger partial charge in [0.05, 0.1) is 5.69 Å². The number of aromatic nitrogens is 2. The highest BCUT2D eigenvalue weighted by molar-refractivity contribution is 5.39. The average Bonchev–Trinajstić information content (AvgIpc) is 2.87. The summed E-state index contributed by atoms with van der Waals surface area (Å²) in [6, 6.07) is 14.2. The van der Waals surface area contributed by atoms with E-state index in [9.17, 15) is 0 Å². The predicted octanol–water partition coefficient (Wildman–Crippen LogP) is 2.80. The molecule has 2 heterocycles. The first-order chi connectivity index (χ1) is 10.2. The third-order valence-electron chi connectivity index (χ3n) is 3.26. The van der Waals surface area contributed by atoms with Gasteiger partial charge in [-0.15, -0.1) is 0 Å². The first-order valence-corrected chi connectivity index (χ1v) is 7.10. The predicted molar refractivity (Wildman–Crippen MR) is 83.3 cm³/mol. The topological polar surface area (TPSA) is 52.5 Å². The summed E-state index contributed by atoms with van der Waals surface area (Å²) in [5, 5.41) is 0. The second kappa shape index (κ2) is 5.97. The molecule has 2 aromatic heterocycles. The molecule has 1 atom stereocenters. The van der Waals surface area contributed by atoms with Gasteiger partial charge in [-0.1, -0.05) is 18.2 Å². The van der Waals surface area contributed by atoms with E-state index >= 15 is 0 Å². The maximum absolute atomic E-state index is 5.83. The summed E-state index contributed by atoms with van der Waals surface area (Å²) < 4.78 is 7.82. The third-order valence-corrected chi connectivity index (χ3v) is 3.26. The minimum absolute atomic E-state index is 0.152. The molecule has 0 saturated carbocycles. The van der Waals surface area contributed by atoms with Crippen LogP contribution in [0.5, 0.6) is 5.75 Å². The second-order valence-electron chi connectivity index (χ2n) is 5.32. The van der Waals surface area contributed by atoms with Gasteiger partial charge in [-0.05, 0) is 43.2 Å². The molecule has 1 unspecified atom stereocenters. The highest BCUT2D eigenvalue weighted by Crippen LogP contribution is 2.16. The minimum atomic E-state index is 0.152.